The Balaban J connectivity index is 1.57. The molecule has 2 aromatic carbocycles. The topological polar surface area (TPSA) is 82.7 Å². The van der Waals surface area contributed by atoms with Gasteiger partial charge in [0.15, 0.2) is 0 Å². The number of rotatable bonds is 7. The van der Waals surface area contributed by atoms with Gasteiger partial charge in [0, 0.05) is 29.4 Å². The first-order valence-electron chi connectivity index (χ1n) is 9.41. The molecule has 0 unspecified atom stereocenters. The molecular formula is C22H21ClFN5O. The molecule has 154 valence electrons. The standard InChI is InChI=1S/C22H21ClFN5O/c1-14-18(15(2)29(28-14)17-8-6-16(23)7-9-17)12-22(30)27-11-10-26-21-5-3-4-20(24)19(21)13-25/h3-9,26H,10-12H2,1-2H3,(H,27,30). The molecule has 0 radical (unpaired) electrons. The lowest BCUT2D eigenvalue weighted by atomic mass is 10.1. The lowest BCUT2D eigenvalue weighted by Gasteiger charge is -2.10. The highest BCUT2D eigenvalue weighted by molar-refractivity contribution is 6.30. The molecule has 2 N–H and O–H groups in total. The second kappa shape index (κ2) is 9.42. The van der Waals surface area contributed by atoms with E-state index in [0.29, 0.717) is 23.8 Å². The van der Waals surface area contributed by atoms with Gasteiger partial charge in [-0.15, -0.1) is 0 Å². The summed E-state index contributed by atoms with van der Waals surface area (Å²) in [5, 5.41) is 20.0. The van der Waals surface area contributed by atoms with Gasteiger partial charge in [0.25, 0.3) is 0 Å². The van der Waals surface area contributed by atoms with Gasteiger partial charge in [0.1, 0.15) is 17.4 Å². The van der Waals surface area contributed by atoms with Gasteiger partial charge in [-0.3, -0.25) is 4.79 Å². The summed E-state index contributed by atoms with van der Waals surface area (Å²) in [5.74, 6) is -0.714. The molecule has 1 heterocycles. The smallest absolute Gasteiger partial charge is 0.224 e. The third kappa shape index (κ3) is 4.78. The van der Waals surface area contributed by atoms with Crippen LogP contribution >= 0.6 is 11.6 Å². The Hall–Kier alpha value is -3.37. The number of carbonyl (C=O) groups is 1. The van der Waals surface area contributed by atoms with E-state index in [0.717, 1.165) is 22.6 Å². The van der Waals surface area contributed by atoms with Gasteiger partial charge in [0.05, 0.1) is 23.5 Å². The summed E-state index contributed by atoms with van der Waals surface area (Å²) in [7, 11) is 0. The van der Waals surface area contributed by atoms with Crippen molar-refractivity contribution in [1.29, 1.82) is 5.26 Å². The van der Waals surface area contributed by atoms with Crippen LogP contribution in [0.2, 0.25) is 5.02 Å². The molecule has 0 aliphatic heterocycles. The van der Waals surface area contributed by atoms with E-state index in [1.165, 1.54) is 12.1 Å². The van der Waals surface area contributed by atoms with Crippen LogP contribution in [-0.4, -0.2) is 28.8 Å². The summed E-state index contributed by atoms with van der Waals surface area (Å²) < 4.78 is 15.4. The van der Waals surface area contributed by atoms with Gasteiger partial charge in [-0.25, -0.2) is 9.07 Å². The highest BCUT2D eigenvalue weighted by atomic mass is 35.5. The monoisotopic (exact) mass is 425 g/mol. The summed E-state index contributed by atoms with van der Waals surface area (Å²) >= 11 is 5.95. The van der Waals surface area contributed by atoms with Crippen molar-refractivity contribution in [3.05, 3.63) is 75.8 Å². The van der Waals surface area contributed by atoms with Crippen LogP contribution in [0.1, 0.15) is 22.5 Å². The number of nitrogens with one attached hydrogen (secondary N) is 2. The van der Waals surface area contributed by atoms with Gasteiger partial charge in [0.2, 0.25) is 5.91 Å². The second-order valence-electron chi connectivity index (χ2n) is 6.77. The lowest BCUT2D eigenvalue weighted by molar-refractivity contribution is -0.120. The third-order valence-electron chi connectivity index (χ3n) is 4.74. The summed E-state index contributed by atoms with van der Waals surface area (Å²) in [6, 6.07) is 13.6. The number of nitrogens with zero attached hydrogens (tertiary/aromatic N) is 3. The zero-order chi connectivity index (χ0) is 21.7. The minimum atomic E-state index is -0.574. The fraction of sp³-hybridized carbons (Fsp3) is 0.227. The van der Waals surface area contributed by atoms with Crippen LogP contribution in [0.15, 0.2) is 42.5 Å². The van der Waals surface area contributed by atoms with Crippen molar-refractivity contribution < 1.29 is 9.18 Å². The van der Waals surface area contributed by atoms with Crippen molar-refractivity contribution in [2.75, 3.05) is 18.4 Å². The number of hydrogen-bond donors (Lipinski definition) is 2. The van der Waals surface area contributed by atoms with E-state index in [2.05, 4.69) is 15.7 Å². The molecule has 0 atom stereocenters. The second-order valence-corrected chi connectivity index (χ2v) is 7.20. The van der Waals surface area contributed by atoms with Crippen molar-refractivity contribution >= 4 is 23.2 Å². The number of carbonyl (C=O) groups excluding carboxylic acids is 1. The van der Waals surface area contributed by atoms with E-state index in [1.807, 2.05) is 32.0 Å². The Labute approximate surface area is 179 Å². The highest BCUT2D eigenvalue weighted by Gasteiger charge is 2.16. The average molecular weight is 426 g/mol. The quantitative estimate of drug-likeness (QED) is 0.562. The number of hydrogen-bond acceptors (Lipinski definition) is 4. The molecule has 0 saturated carbocycles. The van der Waals surface area contributed by atoms with Crippen LogP contribution in [-0.2, 0) is 11.2 Å². The summed E-state index contributed by atoms with van der Waals surface area (Å²) in [6.45, 7) is 4.50. The third-order valence-corrected chi connectivity index (χ3v) is 4.99. The minimum absolute atomic E-state index is 0.0373. The van der Waals surface area contributed by atoms with E-state index in [1.54, 1.807) is 22.9 Å². The van der Waals surface area contributed by atoms with Crippen molar-refractivity contribution in [3.63, 3.8) is 0 Å². The van der Waals surface area contributed by atoms with Crippen LogP contribution in [0.4, 0.5) is 10.1 Å². The van der Waals surface area contributed by atoms with Crippen LogP contribution in [0.3, 0.4) is 0 Å². The Kier molecular flexibility index (Phi) is 6.70. The maximum Gasteiger partial charge on any atom is 0.224 e. The normalized spacial score (nSPS) is 10.5. The maximum absolute atomic E-state index is 13.6. The molecule has 0 aliphatic rings. The van der Waals surface area contributed by atoms with Crippen LogP contribution < -0.4 is 10.6 Å². The van der Waals surface area contributed by atoms with E-state index >= 15 is 0 Å². The SMILES string of the molecule is Cc1nn(-c2ccc(Cl)cc2)c(C)c1CC(=O)NCCNc1cccc(F)c1C#N. The zero-order valence-corrected chi connectivity index (χ0v) is 17.4. The number of nitriles is 1. The molecular weight excluding hydrogens is 405 g/mol. The number of aromatic nitrogens is 2. The van der Waals surface area contributed by atoms with Crippen LogP contribution in [0.5, 0.6) is 0 Å². The highest BCUT2D eigenvalue weighted by Crippen LogP contribution is 2.20. The largest absolute Gasteiger partial charge is 0.382 e. The minimum Gasteiger partial charge on any atom is -0.382 e. The molecule has 1 amide bonds. The molecule has 0 saturated heterocycles. The molecule has 0 aliphatic carbocycles. The average Bonchev–Trinajstić information content (AvgIpc) is 3.00. The molecule has 3 rings (SSSR count). The molecule has 30 heavy (non-hydrogen) atoms. The van der Waals surface area contributed by atoms with Crippen molar-refractivity contribution in [3.8, 4) is 11.8 Å². The predicted molar refractivity (Wildman–Crippen MR) is 114 cm³/mol. The van der Waals surface area contributed by atoms with E-state index < -0.39 is 5.82 Å². The molecule has 3 aromatic rings. The number of aryl methyl sites for hydroxylation is 1. The van der Waals surface area contributed by atoms with Crippen molar-refractivity contribution in [2.45, 2.75) is 20.3 Å². The summed E-state index contributed by atoms with van der Waals surface area (Å²) in [5.41, 5.74) is 3.79. The number of amides is 1. The van der Waals surface area contributed by atoms with Crippen LogP contribution in [0.25, 0.3) is 5.69 Å². The lowest BCUT2D eigenvalue weighted by Crippen LogP contribution is -2.30. The Morgan fingerprint density at radius 3 is 2.63 bits per heavy atom. The molecule has 1 aromatic heterocycles. The first kappa shape index (κ1) is 21.3. The number of halogens is 2. The molecule has 0 fully saturated rings. The number of benzene rings is 2. The molecule has 8 heteroatoms. The first-order chi connectivity index (χ1) is 14.4. The van der Waals surface area contributed by atoms with Gasteiger partial charge in [-0.2, -0.15) is 10.4 Å². The van der Waals surface area contributed by atoms with Crippen molar-refractivity contribution in [1.82, 2.24) is 15.1 Å². The van der Waals surface area contributed by atoms with E-state index in [9.17, 15) is 9.18 Å². The summed E-state index contributed by atoms with van der Waals surface area (Å²) in [6.07, 6.45) is 0.203. The molecule has 6 nitrogen and oxygen atoms in total. The van der Waals surface area contributed by atoms with Gasteiger partial charge >= 0.3 is 0 Å². The summed E-state index contributed by atoms with van der Waals surface area (Å²) in [4.78, 5) is 12.4. The fourth-order valence-corrected chi connectivity index (χ4v) is 3.30. The van der Waals surface area contributed by atoms with Crippen molar-refractivity contribution in [2.24, 2.45) is 0 Å². The maximum atomic E-state index is 13.6. The van der Waals surface area contributed by atoms with Gasteiger partial charge in [-0.05, 0) is 50.2 Å². The van der Waals surface area contributed by atoms with E-state index in [4.69, 9.17) is 16.9 Å². The van der Waals surface area contributed by atoms with Crippen LogP contribution in [0, 0.1) is 31.0 Å². The Bertz CT molecular complexity index is 1100. The molecule has 0 bridgehead atoms. The zero-order valence-electron chi connectivity index (χ0n) is 16.7. The molecule has 0 spiro atoms. The predicted octanol–water partition coefficient (Wildman–Crippen LogP) is 3.92. The Morgan fingerprint density at radius 1 is 1.20 bits per heavy atom. The van der Waals surface area contributed by atoms with Gasteiger partial charge < -0.3 is 10.6 Å². The first-order valence-corrected chi connectivity index (χ1v) is 9.78. The fourth-order valence-electron chi connectivity index (χ4n) is 3.17. The Morgan fingerprint density at radius 2 is 1.93 bits per heavy atom. The van der Waals surface area contributed by atoms with Gasteiger partial charge in [-0.1, -0.05) is 17.7 Å². The van der Waals surface area contributed by atoms with E-state index in [-0.39, 0.29) is 17.9 Å². The number of anilines is 1.